The number of hydrogen-bond donors (Lipinski definition) is 1. The Kier molecular flexibility index (Phi) is 16.9. The van der Waals surface area contributed by atoms with Gasteiger partial charge in [0.2, 0.25) is 0 Å². The van der Waals surface area contributed by atoms with Crippen LogP contribution in [-0.4, -0.2) is 56.3 Å². The fourth-order valence-corrected chi connectivity index (χ4v) is 3.68. The second-order valence-electron chi connectivity index (χ2n) is 7.74. The molecule has 4 heteroatoms. The molecule has 0 aromatic carbocycles. The van der Waals surface area contributed by atoms with Crippen LogP contribution in [0.3, 0.4) is 0 Å². The molecule has 0 aromatic heterocycles. The number of aliphatic hydroxyl groups excluding tert-OH is 1. The number of ether oxygens (including phenoxy) is 2. The molecule has 0 saturated carbocycles. The van der Waals surface area contributed by atoms with Crippen molar-refractivity contribution in [1.29, 1.82) is 0 Å². The minimum atomic E-state index is -0.491. The molecule has 0 aromatic rings. The Morgan fingerprint density at radius 1 is 0.769 bits per heavy atom. The predicted octanol–water partition coefficient (Wildman–Crippen LogP) is 5.24. The average molecular weight is 374 g/mol. The minimum absolute atomic E-state index is 0.249. The smallest absolute Gasteiger partial charge is 0.167 e. The third-order valence-corrected chi connectivity index (χ3v) is 5.73. The van der Waals surface area contributed by atoms with Crippen molar-refractivity contribution in [3.63, 3.8) is 0 Å². The molecule has 0 amide bonds. The molecule has 0 spiro atoms. The SMILES string of the molecule is CCCCCCCCC(CCCN(CCO)CCCC)C(C)(OC)OC. The largest absolute Gasteiger partial charge is 0.395 e. The molecule has 0 saturated heterocycles. The Morgan fingerprint density at radius 3 is 1.88 bits per heavy atom. The van der Waals surface area contributed by atoms with Crippen molar-refractivity contribution in [3.8, 4) is 0 Å². The predicted molar refractivity (Wildman–Crippen MR) is 112 cm³/mol. The van der Waals surface area contributed by atoms with Crippen LogP contribution in [0.25, 0.3) is 0 Å². The standard InChI is InChI=1S/C22H47NO3/c1-6-8-10-11-12-13-15-21(22(3,25-4)26-5)16-14-18-23(19-20-24)17-9-7-2/h21,24H,6-20H2,1-5H3. The fourth-order valence-electron chi connectivity index (χ4n) is 3.68. The quantitative estimate of drug-likeness (QED) is 0.248. The van der Waals surface area contributed by atoms with Gasteiger partial charge >= 0.3 is 0 Å². The van der Waals surface area contributed by atoms with E-state index in [0.717, 1.165) is 32.5 Å². The summed E-state index contributed by atoms with van der Waals surface area (Å²) in [5, 5.41) is 9.27. The highest BCUT2D eigenvalue weighted by Gasteiger charge is 2.33. The molecule has 26 heavy (non-hydrogen) atoms. The molecular weight excluding hydrogens is 326 g/mol. The fraction of sp³-hybridized carbons (Fsp3) is 1.00. The van der Waals surface area contributed by atoms with Gasteiger partial charge in [-0.2, -0.15) is 0 Å². The highest BCUT2D eigenvalue weighted by atomic mass is 16.7. The van der Waals surface area contributed by atoms with Gasteiger partial charge in [-0.25, -0.2) is 0 Å². The number of rotatable bonds is 19. The zero-order valence-corrected chi connectivity index (χ0v) is 18.4. The molecule has 158 valence electrons. The van der Waals surface area contributed by atoms with Crippen molar-refractivity contribution in [2.75, 3.05) is 40.5 Å². The van der Waals surface area contributed by atoms with Gasteiger partial charge in [0.1, 0.15) is 0 Å². The van der Waals surface area contributed by atoms with Crippen LogP contribution in [-0.2, 0) is 9.47 Å². The van der Waals surface area contributed by atoms with E-state index in [4.69, 9.17) is 9.47 Å². The van der Waals surface area contributed by atoms with E-state index in [-0.39, 0.29) is 6.61 Å². The third kappa shape index (κ3) is 11.5. The van der Waals surface area contributed by atoms with Gasteiger partial charge in [-0.1, -0.05) is 58.8 Å². The Balaban J connectivity index is 4.42. The molecule has 0 aliphatic carbocycles. The summed E-state index contributed by atoms with van der Waals surface area (Å²) in [5.74, 6) is -0.0694. The summed E-state index contributed by atoms with van der Waals surface area (Å²) < 4.78 is 11.5. The summed E-state index contributed by atoms with van der Waals surface area (Å²) in [7, 11) is 3.52. The summed E-state index contributed by atoms with van der Waals surface area (Å²) in [6.45, 7) is 9.74. The molecule has 0 bridgehead atoms. The second-order valence-corrected chi connectivity index (χ2v) is 7.74. The first kappa shape index (κ1) is 25.8. The van der Waals surface area contributed by atoms with Crippen LogP contribution < -0.4 is 0 Å². The minimum Gasteiger partial charge on any atom is -0.395 e. The monoisotopic (exact) mass is 373 g/mol. The van der Waals surface area contributed by atoms with Crippen molar-refractivity contribution in [2.45, 2.75) is 97.2 Å². The van der Waals surface area contributed by atoms with Crippen LogP contribution in [0.2, 0.25) is 0 Å². The van der Waals surface area contributed by atoms with Crippen molar-refractivity contribution in [1.82, 2.24) is 4.90 Å². The molecule has 4 nitrogen and oxygen atoms in total. The number of hydrogen-bond acceptors (Lipinski definition) is 4. The first-order valence-corrected chi connectivity index (χ1v) is 11.0. The van der Waals surface area contributed by atoms with E-state index in [9.17, 15) is 5.11 Å². The van der Waals surface area contributed by atoms with Crippen molar-refractivity contribution < 1.29 is 14.6 Å². The topological polar surface area (TPSA) is 41.9 Å². The van der Waals surface area contributed by atoms with Crippen LogP contribution in [0.5, 0.6) is 0 Å². The van der Waals surface area contributed by atoms with Gasteiger partial charge in [-0.15, -0.1) is 0 Å². The number of aliphatic hydroxyl groups is 1. The van der Waals surface area contributed by atoms with E-state index in [1.807, 2.05) is 0 Å². The van der Waals surface area contributed by atoms with Crippen LogP contribution in [0.15, 0.2) is 0 Å². The summed E-state index contributed by atoms with van der Waals surface area (Å²) >= 11 is 0. The van der Waals surface area contributed by atoms with Gasteiger partial charge in [-0.3, -0.25) is 0 Å². The lowest BCUT2D eigenvalue weighted by atomic mass is 9.88. The lowest BCUT2D eigenvalue weighted by Gasteiger charge is -2.36. The maximum Gasteiger partial charge on any atom is 0.167 e. The molecule has 0 radical (unpaired) electrons. The number of unbranched alkanes of at least 4 members (excludes halogenated alkanes) is 6. The third-order valence-electron chi connectivity index (χ3n) is 5.73. The molecule has 1 unspecified atom stereocenters. The molecule has 0 heterocycles. The highest BCUT2D eigenvalue weighted by Crippen LogP contribution is 2.31. The van der Waals surface area contributed by atoms with E-state index in [0.29, 0.717) is 5.92 Å². The molecule has 1 atom stereocenters. The summed E-state index contributed by atoms with van der Waals surface area (Å²) in [6.07, 6.45) is 13.8. The van der Waals surface area contributed by atoms with Crippen molar-refractivity contribution >= 4 is 0 Å². The average Bonchev–Trinajstić information content (AvgIpc) is 2.66. The number of methoxy groups -OCH3 is 2. The summed E-state index contributed by atoms with van der Waals surface area (Å²) in [4.78, 5) is 2.39. The zero-order chi connectivity index (χ0) is 19.7. The lowest BCUT2D eigenvalue weighted by molar-refractivity contribution is -0.230. The first-order valence-electron chi connectivity index (χ1n) is 11.0. The molecule has 0 fully saturated rings. The van der Waals surface area contributed by atoms with Gasteiger partial charge in [0.15, 0.2) is 5.79 Å². The molecular formula is C22H47NO3. The second kappa shape index (κ2) is 17.0. The normalized spacial score (nSPS) is 13.5. The van der Waals surface area contributed by atoms with E-state index in [2.05, 4.69) is 25.7 Å². The lowest BCUT2D eigenvalue weighted by Crippen LogP contribution is -2.39. The Labute approximate surface area is 163 Å². The van der Waals surface area contributed by atoms with Crippen LogP contribution in [0.1, 0.15) is 91.4 Å². The maximum absolute atomic E-state index is 9.27. The first-order chi connectivity index (χ1) is 12.6. The van der Waals surface area contributed by atoms with E-state index in [1.54, 1.807) is 14.2 Å². The maximum atomic E-state index is 9.27. The van der Waals surface area contributed by atoms with Crippen molar-refractivity contribution in [2.24, 2.45) is 5.92 Å². The molecule has 0 rings (SSSR count). The van der Waals surface area contributed by atoms with Crippen LogP contribution in [0, 0.1) is 5.92 Å². The van der Waals surface area contributed by atoms with E-state index in [1.165, 1.54) is 57.8 Å². The van der Waals surface area contributed by atoms with Crippen LogP contribution >= 0.6 is 0 Å². The van der Waals surface area contributed by atoms with E-state index < -0.39 is 5.79 Å². The number of nitrogens with zero attached hydrogens (tertiary/aromatic N) is 1. The zero-order valence-electron chi connectivity index (χ0n) is 18.4. The molecule has 0 aliphatic rings. The summed E-state index contributed by atoms with van der Waals surface area (Å²) in [5.41, 5.74) is 0. The Morgan fingerprint density at radius 2 is 1.31 bits per heavy atom. The van der Waals surface area contributed by atoms with Gasteiger partial charge in [-0.05, 0) is 45.7 Å². The Bertz CT molecular complexity index is 295. The van der Waals surface area contributed by atoms with E-state index >= 15 is 0 Å². The van der Waals surface area contributed by atoms with Gasteiger partial charge in [0.25, 0.3) is 0 Å². The highest BCUT2D eigenvalue weighted by molar-refractivity contribution is 4.76. The molecule has 1 N–H and O–H groups in total. The summed E-state index contributed by atoms with van der Waals surface area (Å²) in [6, 6.07) is 0. The van der Waals surface area contributed by atoms with Crippen LogP contribution in [0.4, 0.5) is 0 Å². The van der Waals surface area contributed by atoms with Crippen molar-refractivity contribution in [3.05, 3.63) is 0 Å². The Hall–Kier alpha value is -0.160. The van der Waals surface area contributed by atoms with Gasteiger partial charge in [0.05, 0.1) is 6.61 Å². The van der Waals surface area contributed by atoms with Gasteiger partial charge < -0.3 is 19.5 Å². The van der Waals surface area contributed by atoms with Gasteiger partial charge in [0, 0.05) is 26.7 Å². The molecule has 0 aliphatic heterocycles.